The summed E-state index contributed by atoms with van der Waals surface area (Å²) in [6.07, 6.45) is 0. The fraction of sp³-hybridized carbons (Fsp3) is 0.538. The summed E-state index contributed by atoms with van der Waals surface area (Å²) in [6, 6.07) is 7.63. The highest BCUT2D eigenvalue weighted by Gasteiger charge is 2.14. The van der Waals surface area contributed by atoms with E-state index in [2.05, 4.69) is 4.72 Å². The quantitative estimate of drug-likeness (QED) is 0.591. The van der Waals surface area contributed by atoms with E-state index in [4.69, 9.17) is 16.3 Å². The molecule has 1 unspecified atom stereocenters. The second-order valence-electron chi connectivity index (χ2n) is 4.60. The van der Waals surface area contributed by atoms with E-state index in [1.54, 1.807) is 6.92 Å². The number of hydrogen-bond donors (Lipinski definition) is 1. The second kappa shape index (κ2) is 7.72. The number of benzene rings is 1. The Balaban J connectivity index is 2.31. The van der Waals surface area contributed by atoms with E-state index in [-0.39, 0.29) is 18.2 Å². The highest BCUT2D eigenvalue weighted by molar-refractivity contribution is 7.89. The molecule has 0 aliphatic heterocycles. The van der Waals surface area contributed by atoms with Crippen LogP contribution in [0.2, 0.25) is 0 Å². The van der Waals surface area contributed by atoms with Gasteiger partial charge in [-0.05, 0) is 30.5 Å². The molecule has 1 rings (SSSR count). The van der Waals surface area contributed by atoms with E-state index in [1.165, 1.54) is 0 Å². The summed E-state index contributed by atoms with van der Waals surface area (Å²) in [5, 5.41) is 0. The molecule has 0 fully saturated rings. The number of hydrogen-bond acceptors (Lipinski definition) is 3. The van der Waals surface area contributed by atoms with Gasteiger partial charge in [0.05, 0.1) is 5.75 Å². The molecule has 0 aliphatic carbocycles. The summed E-state index contributed by atoms with van der Waals surface area (Å²) >= 11 is 5.60. The molecule has 0 aromatic heterocycles. The summed E-state index contributed by atoms with van der Waals surface area (Å²) in [7, 11) is -3.27. The van der Waals surface area contributed by atoms with Crippen molar-refractivity contribution in [1.82, 2.24) is 4.72 Å². The molecule has 0 radical (unpaired) electrons. The zero-order valence-corrected chi connectivity index (χ0v) is 12.8. The average molecular weight is 306 g/mol. The van der Waals surface area contributed by atoms with Crippen LogP contribution in [0.15, 0.2) is 24.3 Å². The van der Waals surface area contributed by atoms with Crippen LogP contribution in [0.1, 0.15) is 12.5 Å². The Labute approximate surface area is 120 Å². The third kappa shape index (κ3) is 6.80. The van der Waals surface area contributed by atoms with E-state index in [9.17, 15) is 8.42 Å². The van der Waals surface area contributed by atoms with Crippen molar-refractivity contribution in [2.24, 2.45) is 5.92 Å². The molecule has 6 heteroatoms. The van der Waals surface area contributed by atoms with Crippen molar-refractivity contribution in [3.63, 3.8) is 0 Å². The van der Waals surface area contributed by atoms with Crippen LogP contribution < -0.4 is 9.46 Å². The van der Waals surface area contributed by atoms with Gasteiger partial charge in [-0.15, -0.1) is 11.6 Å². The van der Waals surface area contributed by atoms with Gasteiger partial charge in [0.1, 0.15) is 12.4 Å². The van der Waals surface area contributed by atoms with Crippen LogP contribution in [0.25, 0.3) is 0 Å². The number of sulfonamides is 1. The molecule has 4 nitrogen and oxygen atoms in total. The van der Waals surface area contributed by atoms with Gasteiger partial charge in [0.15, 0.2) is 0 Å². The fourth-order valence-electron chi connectivity index (χ4n) is 1.55. The Morgan fingerprint density at radius 1 is 1.42 bits per heavy atom. The molecule has 0 bridgehead atoms. The minimum Gasteiger partial charge on any atom is -0.492 e. The first-order valence-corrected chi connectivity index (χ1v) is 8.34. The molecule has 1 atom stereocenters. The normalized spacial score (nSPS) is 13.2. The number of ether oxygens (including phenoxy) is 1. The molecule has 0 aliphatic rings. The maximum absolute atomic E-state index is 11.6. The SMILES string of the molecule is Cc1cccc(OCCNS(=O)(=O)CC(C)CCl)c1. The number of alkyl halides is 1. The molecule has 0 spiro atoms. The summed E-state index contributed by atoms with van der Waals surface area (Å²) < 4.78 is 31.2. The zero-order chi connectivity index (χ0) is 14.3. The molecular formula is C13H20ClNO3S. The van der Waals surface area contributed by atoms with Crippen molar-refractivity contribution in [2.75, 3.05) is 24.8 Å². The maximum atomic E-state index is 11.6. The van der Waals surface area contributed by atoms with Gasteiger partial charge in [-0.25, -0.2) is 13.1 Å². The minimum atomic E-state index is -3.27. The molecular weight excluding hydrogens is 286 g/mol. The predicted molar refractivity (Wildman–Crippen MR) is 78.3 cm³/mol. The largest absolute Gasteiger partial charge is 0.492 e. The molecule has 0 heterocycles. The van der Waals surface area contributed by atoms with E-state index in [0.29, 0.717) is 12.5 Å². The highest BCUT2D eigenvalue weighted by atomic mass is 35.5. The van der Waals surface area contributed by atoms with Gasteiger partial charge in [0, 0.05) is 12.4 Å². The standard InChI is InChI=1S/C13H20ClNO3S/c1-11-4-3-5-13(8-11)18-7-6-15-19(16,17)10-12(2)9-14/h3-5,8,12,15H,6-7,9-10H2,1-2H3. The molecule has 1 aromatic carbocycles. The van der Waals surface area contributed by atoms with Crippen LogP contribution in [0, 0.1) is 12.8 Å². The van der Waals surface area contributed by atoms with Crippen LogP contribution in [-0.4, -0.2) is 33.2 Å². The van der Waals surface area contributed by atoms with Crippen LogP contribution in [0.5, 0.6) is 5.75 Å². The number of rotatable bonds is 8. The van der Waals surface area contributed by atoms with Gasteiger partial charge in [-0.2, -0.15) is 0 Å². The first-order chi connectivity index (χ1) is 8.93. The van der Waals surface area contributed by atoms with Crippen molar-refractivity contribution in [3.05, 3.63) is 29.8 Å². The molecule has 0 saturated carbocycles. The van der Waals surface area contributed by atoms with Gasteiger partial charge in [-0.1, -0.05) is 19.1 Å². The van der Waals surface area contributed by atoms with Crippen molar-refractivity contribution < 1.29 is 13.2 Å². The lowest BCUT2D eigenvalue weighted by molar-refractivity contribution is 0.322. The molecule has 108 valence electrons. The molecule has 0 amide bonds. The number of halogens is 1. The number of aryl methyl sites for hydroxylation is 1. The van der Waals surface area contributed by atoms with E-state index < -0.39 is 10.0 Å². The van der Waals surface area contributed by atoms with Crippen LogP contribution >= 0.6 is 11.6 Å². The zero-order valence-electron chi connectivity index (χ0n) is 11.2. The Morgan fingerprint density at radius 3 is 2.79 bits per heavy atom. The third-order valence-corrected chi connectivity index (χ3v) is 4.63. The van der Waals surface area contributed by atoms with Gasteiger partial charge in [0.25, 0.3) is 0 Å². The summed E-state index contributed by atoms with van der Waals surface area (Å²) in [6.45, 7) is 4.34. The van der Waals surface area contributed by atoms with Crippen LogP contribution in [-0.2, 0) is 10.0 Å². The van der Waals surface area contributed by atoms with E-state index in [0.717, 1.165) is 11.3 Å². The maximum Gasteiger partial charge on any atom is 0.212 e. The second-order valence-corrected chi connectivity index (χ2v) is 6.76. The van der Waals surface area contributed by atoms with Gasteiger partial charge in [0.2, 0.25) is 10.0 Å². The van der Waals surface area contributed by atoms with Gasteiger partial charge in [-0.3, -0.25) is 0 Å². The fourth-order valence-corrected chi connectivity index (χ4v) is 3.17. The first-order valence-electron chi connectivity index (χ1n) is 6.15. The lowest BCUT2D eigenvalue weighted by Crippen LogP contribution is -2.32. The van der Waals surface area contributed by atoms with Crippen LogP contribution in [0.3, 0.4) is 0 Å². The Morgan fingerprint density at radius 2 is 2.16 bits per heavy atom. The molecule has 1 aromatic rings. The minimum absolute atomic E-state index is 0.0426. The molecule has 0 saturated heterocycles. The van der Waals surface area contributed by atoms with Crippen molar-refractivity contribution in [3.8, 4) is 5.75 Å². The summed E-state index contributed by atoms with van der Waals surface area (Å²) in [5.74, 6) is 1.06. The first kappa shape index (κ1) is 16.3. The summed E-state index contributed by atoms with van der Waals surface area (Å²) in [4.78, 5) is 0. The molecule has 19 heavy (non-hydrogen) atoms. The van der Waals surface area contributed by atoms with E-state index >= 15 is 0 Å². The van der Waals surface area contributed by atoms with E-state index in [1.807, 2.05) is 31.2 Å². The van der Waals surface area contributed by atoms with Crippen molar-refractivity contribution in [1.29, 1.82) is 0 Å². The van der Waals surface area contributed by atoms with Crippen LogP contribution in [0.4, 0.5) is 0 Å². The van der Waals surface area contributed by atoms with Gasteiger partial charge >= 0.3 is 0 Å². The van der Waals surface area contributed by atoms with Crippen molar-refractivity contribution >= 4 is 21.6 Å². The predicted octanol–water partition coefficient (Wildman–Crippen LogP) is 2.17. The number of nitrogens with one attached hydrogen (secondary N) is 1. The molecule has 1 N–H and O–H groups in total. The lowest BCUT2D eigenvalue weighted by Gasteiger charge is -2.11. The lowest BCUT2D eigenvalue weighted by atomic mass is 10.2. The van der Waals surface area contributed by atoms with Crippen molar-refractivity contribution in [2.45, 2.75) is 13.8 Å². The summed E-state index contributed by atoms with van der Waals surface area (Å²) in [5.41, 5.74) is 1.11. The Kier molecular flexibility index (Phi) is 6.62. The topological polar surface area (TPSA) is 55.4 Å². The third-order valence-electron chi connectivity index (χ3n) is 2.45. The Hall–Kier alpha value is -0.780. The van der Waals surface area contributed by atoms with Gasteiger partial charge < -0.3 is 4.74 Å². The smallest absolute Gasteiger partial charge is 0.212 e. The highest BCUT2D eigenvalue weighted by Crippen LogP contribution is 2.11. The monoisotopic (exact) mass is 305 g/mol. The Bertz CT molecular complexity index is 490. The average Bonchev–Trinajstić information content (AvgIpc) is 2.34.